The van der Waals surface area contributed by atoms with Crippen molar-refractivity contribution in [3.8, 4) is 5.75 Å². The molecule has 0 radical (unpaired) electrons. The minimum atomic E-state index is -1.26. The number of nitrogen functional groups attached to an aromatic ring is 1. The number of halogens is 3. The van der Waals surface area contributed by atoms with Gasteiger partial charge in [0.25, 0.3) is 0 Å². The fraction of sp³-hybridized carbons (Fsp3) is 0.200. The van der Waals surface area contributed by atoms with Crippen LogP contribution in [0.3, 0.4) is 0 Å². The maximum absolute atomic E-state index is 13.6. The van der Waals surface area contributed by atoms with E-state index in [1.807, 2.05) is 6.92 Å². The van der Waals surface area contributed by atoms with Crippen molar-refractivity contribution < 1.29 is 17.9 Å². The third-order valence-electron chi connectivity index (χ3n) is 2.67. The number of hydrogen-bond donors (Lipinski definition) is 2. The fourth-order valence-corrected chi connectivity index (χ4v) is 1.80. The lowest BCUT2D eigenvalue weighted by Crippen LogP contribution is -2.01. The fourth-order valence-electron chi connectivity index (χ4n) is 1.80. The van der Waals surface area contributed by atoms with Gasteiger partial charge in [-0.15, -0.1) is 0 Å². The Morgan fingerprint density at radius 1 is 1.10 bits per heavy atom. The third-order valence-corrected chi connectivity index (χ3v) is 2.67. The second kappa shape index (κ2) is 6.39. The summed E-state index contributed by atoms with van der Waals surface area (Å²) in [6.07, 6.45) is 0.821. The Bertz CT molecular complexity index is 647. The highest BCUT2D eigenvalue weighted by Crippen LogP contribution is 2.28. The van der Waals surface area contributed by atoms with Gasteiger partial charge in [-0.1, -0.05) is 6.92 Å². The molecule has 0 aliphatic carbocycles. The van der Waals surface area contributed by atoms with Crippen molar-refractivity contribution in [2.75, 3.05) is 17.7 Å². The molecule has 0 aliphatic heterocycles. The van der Waals surface area contributed by atoms with Gasteiger partial charge in [0.2, 0.25) is 0 Å². The normalized spacial score (nSPS) is 10.5. The highest BCUT2D eigenvalue weighted by molar-refractivity contribution is 5.66. The number of nitrogens with two attached hydrogens (primary N) is 1. The predicted octanol–water partition coefficient (Wildman–Crippen LogP) is 4.22. The molecule has 0 atom stereocenters. The van der Waals surface area contributed by atoms with E-state index in [0.29, 0.717) is 29.8 Å². The molecule has 6 heteroatoms. The van der Waals surface area contributed by atoms with Crippen molar-refractivity contribution in [1.82, 2.24) is 0 Å². The second-order valence-electron chi connectivity index (χ2n) is 4.51. The summed E-state index contributed by atoms with van der Waals surface area (Å²) in [4.78, 5) is 0. The molecular formula is C15H15F3N2O. The second-order valence-corrected chi connectivity index (χ2v) is 4.51. The van der Waals surface area contributed by atoms with Gasteiger partial charge >= 0.3 is 0 Å². The summed E-state index contributed by atoms with van der Waals surface area (Å²) >= 11 is 0. The standard InChI is InChI=1S/C15H15F3N2O/c1-2-3-21-12-7-10(19)6-11(8-12)20-14-5-9(16)4-13(17)15(14)18/h4-8,20H,2-3,19H2,1H3. The molecule has 0 aliphatic rings. The average molecular weight is 296 g/mol. The van der Waals surface area contributed by atoms with Gasteiger partial charge in [-0.3, -0.25) is 0 Å². The first-order valence-corrected chi connectivity index (χ1v) is 6.44. The number of rotatable bonds is 5. The molecule has 3 nitrogen and oxygen atoms in total. The maximum Gasteiger partial charge on any atom is 0.182 e. The first-order chi connectivity index (χ1) is 9.99. The summed E-state index contributed by atoms with van der Waals surface area (Å²) in [5, 5.41) is 2.60. The van der Waals surface area contributed by atoms with Crippen LogP contribution in [0.1, 0.15) is 13.3 Å². The van der Waals surface area contributed by atoms with E-state index in [1.165, 1.54) is 6.07 Å². The molecule has 0 saturated carbocycles. The molecule has 0 heterocycles. The molecule has 0 bridgehead atoms. The smallest absolute Gasteiger partial charge is 0.182 e. The Labute approximate surface area is 120 Å². The van der Waals surface area contributed by atoms with Crippen molar-refractivity contribution in [1.29, 1.82) is 0 Å². The summed E-state index contributed by atoms with van der Waals surface area (Å²) in [5.41, 5.74) is 6.19. The minimum absolute atomic E-state index is 0.306. The molecule has 0 amide bonds. The zero-order valence-electron chi connectivity index (χ0n) is 11.4. The first-order valence-electron chi connectivity index (χ1n) is 6.44. The van der Waals surface area contributed by atoms with E-state index in [0.717, 1.165) is 12.5 Å². The summed E-state index contributed by atoms with van der Waals surface area (Å²) in [7, 11) is 0. The summed E-state index contributed by atoms with van der Waals surface area (Å²) in [6, 6.07) is 6.06. The number of anilines is 3. The molecule has 2 aromatic rings. The number of benzene rings is 2. The van der Waals surface area contributed by atoms with Crippen LogP contribution in [0, 0.1) is 17.5 Å². The monoisotopic (exact) mass is 296 g/mol. The molecule has 0 unspecified atom stereocenters. The van der Waals surface area contributed by atoms with Gasteiger partial charge in [-0.25, -0.2) is 13.2 Å². The van der Waals surface area contributed by atoms with Crippen molar-refractivity contribution in [2.45, 2.75) is 13.3 Å². The highest BCUT2D eigenvalue weighted by Gasteiger charge is 2.12. The van der Waals surface area contributed by atoms with E-state index in [2.05, 4.69) is 5.32 Å². The lowest BCUT2D eigenvalue weighted by molar-refractivity contribution is 0.318. The molecule has 21 heavy (non-hydrogen) atoms. The van der Waals surface area contributed by atoms with E-state index in [4.69, 9.17) is 10.5 Å². The van der Waals surface area contributed by atoms with Crippen LogP contribution < -0.4 is 15.8 Å². The molecule has 3 N–H and O–H groups in total. The van der Waals surface area contributed by atoms with Crippen LogP contribution >= 0.6 is 0 Å². The first kappa shape index (κ1) is 15.0. The minimum Gasteiger partial charge on any atom is -0.493 e. The van der Waals surface area contributed by atoms with E-state index >= 15 is 0 Å². The molecule has 0 aromatic heterocycles. The van der Waals surface area contributed by atoms with Gasteiger partial charge in [0.15, 0.2) is 11.6 Å². The number of nitrogens with one attached hydrogen (secondary N) is 1. The van der Waals surface area contributed by atoms with Crippen LogP contribution in [-0.4, -0.2) is 6.61 Å². The number of ether oxygens (including phenoxy) is 1. The maximum atomic E-state index is 13.6. The Morgan fingerprint density at radius 2 is 1.86 bits per heavy atom. The molecule has 0 saturated heterocycles. The van der Waals surface area contributed by atoms with Crippen LogP contribution in [0.25, 0.3) is 0 Å². The van der Waals surface area contributed by atoms with Crippen LogP contribution in [0.15, 0.2) is 30.3 Å². The van der Waals surface area contributed by atoms with Gasteiger partial charge in [0.1, 0.15) is 11.6 Å². The Kier molecular flexibility index (Phi) is 4.57. The van der Waals surface area contributed by atoms with Crippen molar-refractivity contribution in [3.05, 3.63) is 47.8 Å². The van der Waals surface area contributed by atoms with E-state index in [-0.39, 0.29) is 5.69 Å². The van der Waals surface area contributed by atoms with Gasteiger partial charge < -0.3 is 15.8 Å². The SMILES string of the molecule is CCCOc1cc(N)cc(Nc2cc(F)cc(F)c2F)c1. The van der Waals surface area contributed by atoms with E-state index in [1.54, 1.807) is 12.1 Å². The lowest BCUT2D eigenvalue weighted by atomic mass is 10.2. The summed E-state index contributed by atoms with van der Waals surface area (Å²) < 4.78 is 45.3. The predicted molar refractivity (Wildman–Crippen MR) is 76.2 cm³/mol. The molecular weight excluding hydrogens is 281 g/mol. The lowest BCUT2D eigenvalue weighted by Gasteiger charge is -2.12. The van der Waals surface area contributed by atoms with Gasteiger partial charge in [0, 0.05) is 35.6 Å². The topological polar surface area (TPSA) is 47.3 Å². The zero-order valence-corrected chi connectivity index (χ0v) is 11.4. The molecule has 0 fully saturated rings. The molecule has 112 valence electrons. The van der Waals surface area contributed by atoms with Gasteiger partial charge in [0.05, 0.1) is 12.3 Å². The third kappa shape index (κ3) is 3.81. The molecule has 2 aromatic carbocycles. The molecule has 2 rings (SSSR count). The summed E-state index contributed by atoms with van der Waals surface area (Å²) in [5.74, 6) is -2.79. The van der Waals surface area contributed by atoms with E-state index in [9.17, 15) is 13.2 Å². The van der Waals surface area contributed by atoms with Crippen LogP contribution in [0.5, 0.6) is 5.75 Å². The Morgan fingerprint density at radius 3 is 2.57 bits per heavy atom. The van der Waals surface area contributed by atoms with Crippen molar-refractivity contribution >= 4 is 17.1 Å². The van der Waals surface area contributed by atoms with Crippen LogP contribution in [0.2, 0.25) is 0 Å². The van der Waals surface area contributed by atoms with Gasteiger partial charge in [-0.05, 0) is 12.5 Å². The van der Waals surface area contributed by atoms with Crippen LogP contribution in [-0.2, 0) is 0 Å². The highest BCUT2D eigenvalue weighted by atomic mass is 19.2. The van der Waals surface area contributed by atoms with Crippen LogP contribution in [0.4, 0.5) is 30.2 Å². The number of hydrogen-bond acceptors (Lipinski definition) is 3. The van der Waals surface area contributed by atoms with Crippen molar-refractivity contribution in [2.24, 2.45) is 0 Å². The Balaban J connectivity index is 2.29. The van der Waals surface area contributed by atoms with Crippen molar-refractivity contribution in [3.63, 3.8) is 0 Å². The summed E-state index contributed by atoms with van der Waals surface area (Å²) in [6.45, 7) is 2.46. The Hall–Kier alpha value is -2.37. The molecule has 0 spiro atoms. The zero-order chi connectivity index (χ0) is 15.4. The average Bonchev–Trinajstić information content (AvgIpc) is 2.41. The van der Waals surface area contributed by atoms with E-state index < -0.39 is 17.5 Å². The van der Waals surface area contributed by atoms with Gasteiger partial charge in [-0.2, -0.15) is 0 Å². The quantitative estimate of drug-likeness (QED) is 0.641. The largest absolute Gasteiger partial charge is 0.493 e.